The molecule has 0 aromatic rings. The minimum Gasteiger partial charge on any atom is -0.457 e. The zero-order valence-corrected chi connectivity index (χ0v) is 25.4. The highest BCUT2D eigenvalue weighted by atomic mass is 32.3. The Morgan fingerprint density at radius 3 is 2.10 bits per heavy atom. The molecule has 1 aliphatic rings. The van der Waals surface area contributed by atoms with Crippen LogP contribution in [0.4, 0.5) is 0 Å². The lowest BCUT2D eigenvalue weighted by Crippen LogP contribution is -2.60. The molecule has 1 fully saturated rings. The van der Waals surface area contributed by atoms with Crippen LogP contribution in [0.2, 0.25) is 0 Å². The number of rotatable bonds is 24. The van der Waals surface area contributed by atoms with Crippen LogP contribution in [0.15, 0.2) is 12.2 Å². The Balaban J connectivity index is 2.34. The van der Waals surface area contributed by atoms with Gasteiger partial charge in [0.05, 0.1) is 19.8 Å². The van der Waals surface area contributed by atoms with Crippen molar-refractivity contribution in [3.63, 3.8) is 0 Å². The van der Waals surface area contributed by atoms with Crippen LogP contribution in [0.1, 0.15) is 97.3 Å². The lowest BCUT2D eigenvalue weighted by Gasteiger charge is -2.41. The van der Waals surface area contributed by atoms with Crippen molar-refractivity contribution in [1.29, 1.82) is 0 Å². The van der Waals surface area contributed by atoms with E-state index >= 15 is 0 Å². The van der Waals surface area contributed by atoms with Gasteiger partial charge >= 0.3 is 16.4 Å². The molecule has 0 radical (unpaired) electrons. The van der Waals surface area contributed by atoms with Crippen LogP contribution >= 0.6 is 0 Å². The number of hydrogen-bond acceptors (Lipinski definition) is 11. The molecule has 0 saturated carbocycles. The summed E-state index contributed by atoms with van der Waals surface area (Å²) in [4.78, 5) is 11.9. The highest BCUT2D eigenvalue weighted by Gasteiger charge is 2.48. The zero-order valence-electron chi connectivity index (χ0n) is 24.6. The van der Waals surface area contributed by atoms with E-state index in [1.807, 2.05) is 0 Å². The largest absolute Gasteiger partial charge is 0.457 e. The second-order valence-electron chi connectivity index (χ2n) is 10.3. The van der Waals surface area contributed by atoms with Crippen molar-refractivity contribution in [1.82, 2.24) is 0 Å². The summed E-state index contributed by atoms with van der Waals surface area (Å²) in [6, 6.07) is 0. The number of hydrogen-bond donors (Lipinski definition) is 4. The van der Waals surface area contributed by atoms with Crippen LogP contribution in [-0.4, -0.2) is 97.5 Å². The van der Waals surface area contributed by atoms with Gasteiger partial charge in [-0.05, 0) is 32.1 Å². The number of carbonyl (C=O) groups excluding carboxylic acids is 1. The molecule has 0 aromatic carbocycles. The van der Waals surface area contributed by atoms with Crippen LogP contribution in [0.3, 0.4) is 0 Å². The van der Waals surface area contributed by atoms with E-state index in [4.69, 9.17) is 23.5 Å². The number of aliphatic hydroxyl groups excluding tert-OH is 3. The van der Waals surface area contributed by atoms with Gasteiger partial charge in [-0.15, -0.1) is 0 Å². The van der Waals surface area contributed by atoms with E-state index < -0.39 is 59.8 Å². The van der Waals surface area contributed by atoms with Gasteiger partial charge in [-0.1, -0.05) is 70.9 Å². The van der Waals surface area contributed by atoms with Gasteiger partial charge in [0.15, 0.2) is 6.29 Å². The number of esters is 1. The first-order chi connectivity index (χ1) is 19.6. The van der Waals surface area contributed by atoms with Gasteiger partial charge in [0, 0.05) is 13.0 Å². The van der Waals surface area contributed by atoms with E-state index in [-0.39, 0.29) is 19.6 Å². The van der Waals surface area contributed by atoms with Crippen molar-refractivity contribution >= 4 is 16.4 Å². The normalized spacial score (nSPS) is 24.1. The lowest BCUT2D eigenvalue weighted by molar-refractivity contribution is -0.301. The minimum atomic E-state index is -5.03. The van der Waals surface area contributed by atoms with Crippen molar-refractivity contribution in [3.05, 3.63) is 12.2 Å². The summed E-state index contributed by atoms with van der Waals surface area (Å²) in [5.74, 6) is -0.491. The molecule has 242 valence electrons. The molecule has 12 nitrogen and oxygen atoms in total. The van der Waals surface area contributed by atoms with Gasteiger partial charge in [-0.3, -0.25) is 9.35 Å². The van der Waals surface area contributed by atoms with E-state index in [1.54, 1.807) is 6.92 Å². The van der Waals surface area contributed by atoms with E-state index in [0.29, 0.717) is 6.61 Å². The third-order valence-corrected chi connectivity index (χ3v) is 7.16. The van der Waals surface area contributed by atoms with E-state index in [9.17, 15) is 28.5 Å². The van der Waals surface area contributed by atoms with Gasteiger partial charge in [0.1, 0.15) is 30.5 Å². The Kier molecular flexibility index (Phi) is 20.7. The predicted octanol–water partition coefficient (Wildman–Crippen LogP) is 3.23. The molecule has 0 aromatic heterocycles. The van der Waals surface area contributed by atoms with Crippen molar-refractivity contribution in [2.45, 2.75) is 134 Å². The molecule has 0 aliphatic carbocycles. The Morgan fingerprint density at radius 1 is 0.902 bits per heavy atom. The van der Waals surface area contributed by atoms with E-state index in [2.05, 4.69) is 23.3 Å². The summed E-state index contributed by atoms with van der Waals surface area (Å²) in [6.07, 6.45) is 9.56. The van der Waals surface area contributed by atoms with Gasteiger partial charge in [0.2, 0.25) is 0 Å². The topological polar surface area (TPSA) is 178 Å². The molecule has 6 unspecified atom stereocenters. The SMILES string of the molecule is CCCCCC/C=C\CCCCCCCCOCC(COC1OC(CO)C(O)C(OS(=O)(=O)O)C1O)OC(=O)CC. The molecular formula is C28H52O12S. The van der Waals surface area contributed by atoms with Gasteiger partial charge < -0.3 is 34.3 Å². The predicted molar refractivity (Wildman–Crippen MR) is 151 cm³/mol. The van der Waals surface area contributed by atoms with Gasteiger partial charge in [-0.2, -0.15) is 8.42 Å². The van der Waals surface area contributed by atoms with Crippen molar-refractivity contribution in [3.8, 4) is 0 Å². The van der Waals surface area contributed by atoms with Crippen LogP contribution < -0.4 is 0 Å². The Hall–Kier alpha value is -1.16. The highest BCUT2D eigenvalue weighted by Crippen LogP contribution is 2.25. The van der Waals surface area contributed by atoms with Crippen LogP contribution in [0, 0.1) is 0 Å². The molecule has 1 rings (SSSR count). The maximum absolute atomic E-state index is 11.9. The summed E-state index contributed by atoms with van der Waals surface area (Å²) in [7, 11) is -5.03. The molecule has 41 heavy (non-hydrogen) atoms. The quantitative estimate of drug-likeness (QED) is 0.0542. The molecule has 0 amide bonds. The minimum absolute atomic E-state index is 0.0241. The molecule has 6 atom stereocenters. The summed E-state index contributed by atoms with van der Waals surface area (Å²) in [6.45, 7) is 3.31. The van der Waals surface area contributed by atoms with Crippen molar-refractivity contribution < 1.29 is 56.2 Å². The number of ether oxygens (including phenoxy) is 4. The smallest absolute Gasteiger partial charge is 0.397 e. The van der Waals surface area contributed by atoms with Crippen molar-refractivity contribution in [2.24, 2.45) is 0 Å². The number of allylic oxidation sites excluding steroid dienone is 2. The van der Waals surface area contributed by atoms with Gasteiger partial charge in [0.25, 0.3) is 0 Å². The lowest BCUT2D eigenvalue weighted by atomic mass is 9.99. The number of unbranched alkanes of at least 4 members (excludes halogenated alkanes) is 10. The molecule has 0 bridgehead atoms. The van der Waals surface area contributed by atoms with E-state index in [0.717, 1.165) is 25.7 Å². The van der Waals surface area contributed by atoms with Crippen LogP contribution in [0.5, 0.6) is 0 Å². The number of aliphatic hydroxyl groups is 3. The molecule has 4 N–H and O–H groups in total. The average Bonchev–Trinajstić information content (AvgIpc) is 2.93. The summed E-state index contributed by atoms with van der Waals surface area (Å²) >= 11 is 0. The van der Waals surface area contributed by atoms with Crippen molar-refractivity contribution in [2.75, 3.05) is 26.4 Å². The molecule has 0 spiro atoms. The first kappa shape index (κ1) is 37.9. The molecular weight excluding hydrogens is 560 g/mol. The molecule has 1 heterocycles. The van der Waals surface area contributed by atoms with E-state index in [1.165, 1.54) is 51.4 Å². The Labute approximate surface area is 245 Å². The Morgan fingerprint density at radius 2 is 1.51 bits per heavy atom. The van der Waals surface area contributed by atoms with Gasteiger partial charge in [-0.25, -0.2) is 4.18 Å². The standard InChI is InChI=1S/C28H52O12S/c1-3-5-6-7-8-9-10-11-12-13-14-15-16-17-18-36-20-22(38-24(30)4-2)21-37-28-26(32)27(40-41(33,34)35)25(31)23(19-29)39-28/h9-10,22-23,25-29,31-32H,3-8,11-21H2,1-2H3,(H,33,34,35)/b10-9-. The monoisotopic (exact) mass is 612 g/mol. The fourth-order valence-electron chi connectivity index (χ4n) is 4.35. The average molecular weight is 613 g/mol. The molecule has 1 aliphatic heterocycles. The fraction of sp³-hybridized carbons (Fsp3) is 0.893. The highest BCUT2D eigenvalue weighted by molar-refractivity contribution is 7.80. The zero-order chi connectivity index (χ0) is 30.5. The molecule has 13 heteroatoms. The first-order valence-electron chi connectivity index (χ1n) is 14.9. The maximum Gasteiger partial charge on any atom is 0.397 e. The second-order valence-corrected chi connectivity index (χ2v) is 11.3. The Bertz CT molecular complexity index is 806. The third-order valence-electron chi connectivity index (χ3n) is 6.69. The maximum atomic E-state index is 11.9. The summed E-state index contributed by atoms with van der Waals surface area (Å²) < 4.78 is 57.4. The van der Waals surface area contributed by atoms with Crippen LogP contribution in [-0.2, 0) is 38.3 Å². The molecule has 1 saturated heterocycles. The van der Waals surface area contributed by atoms with Crippen LogP contribution in [0.25, 0.3) is 0 Å². The first-order valence-corrected chi connectivity index (χ1v) is 16.3. The third kappa shape index (κ3) is 17.5. The summed E-state index contributed by atoms with van der Waals surface area (Å²) in [5.41, 5.74) is 0. The number of carbonyl (C=O) groups is 1. The fourth-order valence-corrected chi connectivity index (χ4v) is 4.85. The second kappa shape index (κ2) is 22.4. The summed E-state index contributed by atoms with van der Waals surface area (Å²) in [5, 5.41) is 30.0.